The lowest BCUT2D eigenvalue weighted by atomic mass is 9.96. The number of aliphatic hydroxyl groups excluding tert-OH is 1. The highest BCUT2D eigenvalue weighted by atomic mass is 16.5. The number of β-amino-alcohol motifs (C(OH)–C–C–N with tert-alkyl or cyclic N) is 1. The summed E-state index contributed by atoms with van der Waals surface area (Å²) in [5.74, 6) is -0.119. The van der Waals surface area contributed by atoms with Crippen LogP contribution in [0.4, 0.5) is 0 Å². The molecule has 1 unspecified atom stereocenters. The van der Waals surface area contributed by atoms with Gasteiger partial charge >= 0.3 is 5.97 Å². The quantitative estimate of drug-likeness (QED) is 0.809. The van der Waals surface area contributed by atoms with Crippen LogP contribution in [0.5, 0.6) is 5.75 Å². The molecule has 1 fully saturated rings. The maximum atomic E-state index is 10.9. The van der Waals surface area contributed by atoms with Gasteiger partial charge in [-0.15, -0.1) is 0 Å². The lowest BCUT2D eigenvalue weighted by molar-refractivity contribution is -0.143. The summed E-state index contributed by atoms with van der Waals surface area (Å²) >= 11 is 0. The van der Waals surface area contributed by atoms with Crippen molar-refractivity contribution in [2.24, 2.45) is 5.92 Å². The van der Waals surface area contributed by atoms with E-state index in [2.05, 4.69) is 11.8 Å². The number of aliphatic carboxylic acids is 1. The first-order valence-electron chi connectivity index (χ1n) is 7.96. The average molecular weight is 307 g/mol. The topological polar surface area (TPSA) is 70.0 Å². The van der Waals surface area contributed by atoms with E-state index in [1.165, 1.54) is 0 Å². The van der Waals surface area contributed by atoms with Crippen LogP contribution >= 0.6 is 0 Å². The van der Waals surface area contributed by atoms with Gasteiger partial charge in [-0.1, -0.05) is 19.1 Å². The lowest BCUT2D eigenvalue weighted by Gasteiger charge is -2.31. The number of ether oxygens (including phenoxy) is 1. The molecule has 5 heteroatoms. The van der Waals surface area contributed by atoms with Gasteiger partial charge in [-0.2, -0.15) is 0 Å². The Morgan fingerprint density at radius 3 is 2.50 bits per heavy atom. The fraction of sp³-hybridized carbons (Fsp3) is 0.588. The van der Waals surface area contributed by atoms with E-state index in [1.807, 2.05) is 24.3 Å². The highest BCUT2D eigenvalue weighted by Crippen LogP contribution is 2.22. The van der Waals surface area contributed by atoms with Crippen LogP contribution in [0.25, 0.3) is 0 Å². The molecule has 5 nitrogen and oxygen atoms in total. The van der Waals surface area contributed by atoms with Gasteiger partial charge in [0.25, 0.3) is 0 Å². The van der Waals surface area contributed by atoms with Crippen LogP contribution in [0.15, 0.2) is 24.3 Å². The monoisotopic (exact) mass is 307 g/mol. The second-order valence-electron chi connectivity index (χ2n) is 5.85. The number of carboxylic acids is 1. The van der Waals surface area contributed by atoms with Crippen LogP contribution in [0.2, 0.25) is 0 Å². The number of hydrogen-bond donors (Lipinski definition) is 2. The van der Waals surface area contributed by atoms with Gasteiger partial charge in [0.2, 0.25) is 0 Å². The summed E-state index contributed by atoms with van der Waals surface area (Å²) in [6.45, 7) is 4.75. The molecular formula is C17H25NO4. The number of hydrogen-bond acceptors (Lipinski definition) is 4. The molecule has 2 rings (SSSR count). The smallest absolute Gasteiger partial charge is 0.306 e. The van der Waals surface area contributed by atoms with E-state index in [4.69, 9.17) is 9.84 Å². The number of nitrogens with zero attached hydrogens (tertiary/aromatic N) is 1. The maximum Gasteiger partial charge on any atom is 0.306 e. The molecule has 1 saturated heterocycles. The van der Waals surface area contributed by atoms with E-state index in [0.717, 1.165) is 30.8 Å². The number of aliphatic hydroxyl groups is 1. The Morgan fingerprint density at radius 2 is 1.95 bits per heavy atom. The number of rotatable bonds is 7. The SMILES string of the molecule is CCCOc1ccc(C(O)CN2CCC(C(=O)O)CC2)cc1. The van der Waals surface area contributed by atoms with Crippen LogP contribution < -0.4 is 4.74 Å². The van der Waals surface area contributed by atoms with E-state index in [0.29, 0.717) is 26.0 Å². The third-order valence-corrected chi connectivity index (χ3v) is 4.11. The van der Waals surface area contributed by atoms with Crippen molar-refractivity contribution in [1.82, 2.24) is 4.90 Å². The average Bonchev–Trinajstić information content (AvgIpc) is 2.54. The second-order valence-corrected chi connectivity index (χ2v) is 5.85. The van der Waals surface area contributed by atoms with E-state index < -0.39 is 12.1 Å². The Morgan fingerprint density at radius 1 is 1.32 bits per heavy atom. The summed E-state index contributed by atoms with van der Waals surface area (Å²) in [6, 6.07) is 7.54. The maximum absolute atomic E-state index is 10.9. The van der Waals surface area contributed by atoms with Gasteiger partial charge in [0.05, 0.1) is 18.6 Å². The molecule has 1 heterocycles. The summed E-state index contributed by atoms with van der Waals surface area (Å²) in [7, 11) is 0. The lowest BCUT2D eigenvalue weighted by Crippen LogP contribution is -2.38. The Kier molecular flexibility index (Phi) is 6.21. The molecule has 0 spiro atoms. The van der Waals surface area contributed by atoms with E-state index in [1.54, 1.807) is 0 Å². The van der Waals surface area contributed by atoms with Crippen LogP contribution in [0, 0.1) is 5.92 Å². The van der Waals surface area contributed by atoms with Crippen molar-refractivity contribution in [3.05, 3.63) is 29.8 Å². The zero-order chi connectivity index (χ0) is 15.9. The minimum absolute atomic E-state index is 0.233. The van der Waals surface area contributed by atoms with Gasteiger partial charge in [0.1, 0.15) is 5.75 Å². The van der Waals surface area contributed by atoms with Crippen molar-refractivity contribution >= 4 is 5.97 Å². The molecular weight excluding hydrogens is 282 g/mol. The molecule has 0 aromatic heterocycles. The predicted molar refractivity (Wildman–Crippen MR) is 84.0 cm³/mol. The van der Waals surface area contributed by atoms with Crippen LogP contribution in [0.1, 0.15) is 37.9 Å². The molecule has 1 aromatic rings. The number of carbonyl (C=O) groups is 1. The van der Waals surface area contributed by atoms with Gasteiger partial charge < -0.3 is 19.8 Å². The fourth-order valence-corrected chi connectivity index (χ4v) is 2.72. The molecule has 1 aromatic carbocycles. The summed E-state index contributed by atoms with van der Waals surface area (Å²) in [5, 5.41) is 19.3. The minimum atomic E-state index is -0.706. The molecule has 2 N–H and O–H groups in total. The Bertz CT molecular complexity index is 466. The van der Waals surface area contributed by atoms with Crippen molar-refractivity contribution in [2.45, 2.75) is 32.3 Å². The molecule has 0 aliphatic carbocycles. The number of benzene rings is 1. The highest BCUT2D eigenvalue weighted by molar-refractivity contribution is 5.70. The summed E-state index contributed by atoms with van der Waals surface area (Å²) in [6.07, 6.45) is 1.73. The van der Waals surface area contributed by atoms with Crippen LogP contribution in [0.3, 0.4) is 0 Å². The molecule has 0 saturated carbocycles. The molecule has 0 radical (unpaired) electrons. The van der Waals surface area contributed by atoms with Crippen molar-refractivity contribution in [2.75, 3.05) is 26.2 Å². The van der Waals surface area contributed by atoms with E-state index in [9.17, 15) is 9.90 Å². The normalized spacial score (nSPS) is 18.1. The number of piperidine rings is 1. The van der Waals surface area contributed by atoms with Crippen molar-refractivity contribution < 1.29 is 19.7 Å². The standard InChI is InChI=1S/C17H25NO4/c1-2-11-22-15-5-3-13(4-6-15)16(19)12-18-9-7-14(8-10-18)17(20)21/h3-6,14,16,19H,2,7-12H2,1H3,(H,20,21). The van der Waals surface area contributed by atoms with Gasteiger partial charge in [-0.25, -0.2) is 0 Å². The molecule has 122 valence electrons. The van der Waals surface area contributed by atoms with Crippen molar-refractivity contribution in [1.29, 1.82) is 0 Å². The van der Waals surface area contributed by atoms with Crippen LogP contribution in [-0.4, -0.2) is 47.3 Å². The predicted octanol–water partition coefficient (Wildman–Crippen LogP) is 2.31. The van der Waals surface area contributed by atoms with Gasteiger partial charge in [0, 0.05) is 6.54 Å². The fourth-order valence-electron chi connectivity index (χ4n) is 2.72. The first-order chi connectivity index (χ1) is 10.6. The van der Waals surface area contributed by atoms with Crippen molar-refractivity contribution in [3.63, 3.8) is 0 Å². The van der Waals surface area contributed by atoms with Gasteiger partial charge in [-0.05, 0) is 50.0 Å². The molecule has 0 amide bonds. The summed E-state index contributed by atoms with van der Waals surface area (Å²) < 4.78 is 5.53. The zero-order valence-corrected chi connectivity index (χ0v) is 13.1. The summed E-state index contributed by atoms with van der Waals surface area (Å²) in [5.41, 5.74) is 0.865. The highest BCUT2D eigenvalue weighted by Gasteiger charge is 2.25. The number of likely N-dealkylation sites (tertiary alicyclic amines) is 1. The summed E-state index contributed by atoms with van der Waals surface area (Å²) in [4.78, 5) is 13.1. The molecule has 1 aliphatic rings. The van der Waals surface area contributed by atoms with E-state index >= 15 is 0 Å². The minimum Gasteiger partial charge on any atom is -0.494 e. The largest absolute Gasteiger partial charge is 0.494 e. The third-order valence-electron chi connectivity index (χ3n) is 4.11. The molecule has 22 heavy (non-hydrogen) atoms. The van der Waals surface area contributed by atoms with Gasteiger partial charge in [0.15, 0.2) is 0 Å². The first kappa shape index (κ1) is 16.8. The zero-order valence-electron chi connectivity index (χ0n) is 13.1. The Balaban J connectivity index is 1.82. The molecule has 1 atom stereocenters. The number of carboxylic acid groups (broad SMARTS) is 1. The molecule has 1 aliphatic heterocycles. The van der Waals surface area contributed by atoms with Crippen molar-refractivity contribution in [3.8, 4) is 5.75 Å². The third kappa shape index (κ3) is 4.71. The van der Waals surface area contributed by atoms with E-state index in [-0.39, 0.29) is 5.92 Å². The van der Waals surface area contributed by atoms with Gasteiger partial charge in [-0.3, -0.25) is 4.79 Å². The second kappa shape index (κ2) is 8.15. The van der Waals surface area contributed by atoms with Crippen LogP contribution in [-0.2, 0) is 4.79 Å². The Labute approximate surface area is 131 Å². The molecule has 0 bridgehead atoms. The first-order valence-corrected chi connectivity index (χ1v) is 7.96. The Hall–Kier alpha value is -1.59.